The van der Waals surface area contributed by atoms with Crippen molar-refractivity contribution in [3.8, 4) is 0 Å². The van der Waals surface area contributed by atoms with Crippen LogP contribution < -0.4 is 5.32 Å². The first kappa shape index (κ1) is 17.1. The van der Waals surface area contributed by atoms with Crippen LogP contribution in [-0.2, 0) is 16.0 Å². The van der Waals surface area contributed by atoms with Gasteiger partial charge >= 0.3 is 0 Å². The van der Waals surface area contributed by atoms with E-state index in [2.05, 4.69) is 43.3 Å². The van der Waals surface area contributed by atoms with Gasteiger partial charge in [-0.2, -0.15) is 0 Å². The number of nitrogens with zero attached hydrogens (tertiary/aromatic N) is 2. The Morgan fingerprint density at radius 2 is 2.00 bits per heavy atom. The molecule has 1 aromatic rings. The maximum Gasteiger partial charge on any atom is 0.127 e. The third-order valence-corrected chi connectivity index (χ3v) is 5.13. The maximum absolute atomic E-state index is 5.45. The minimum atomic E-state index is 0.431. The molecule has 1 N–H and O–H groups in total. The van der Waals surface area contributed by atoms with Crippen LogP contribution >= 0.6 is 15.9 Å². The zero-order valence-electron chi connectivity index (χ0n) is 13.8. The van der Waals surface area contributed by atoms with Crippen LogP contribution in [0.5, 0.6) is 0 Å². The van der Waals surface area contributed by atoms with Gasteiger partial charge in [0.25, 0.3) is 0 Å². The van der Waals surface area contributed by atoms with E-state index in [1.807, 2.05) is 7.11 Å². The first-order valence-corrected chi connectivity index (χ1v) is 9.28. The van der Waals surface area contributed by atoms with E-state index in [1.165, 1.54) is 5.56 Å². The van der Waals surface area contributed by atoms with Gasteiger partial charge in [-0.1, -0.05) is 0 Å². The number of methoxy groups -OCH3 is 1. The van der Waals surface area contributed by atoms with Crippen LogP contribution in [0.1, 0.15) is 31.2 Å². The highest BCUT2D eigenvalue weighted by Gasteiger charge is 2.21. The van der Waals surface area contributed by atoms with E-state index in [1.54, 1.807) is 0 Å². The minimum Gasteiger partial charge on any atom is -0.381 e. The summed E-state index contributed by atoms with van der Waals surface area (Å²) in [7, 11) is 1.81. The van der Waals surface area contributed by atoms with Gasteiger partial charge in [-0.05, 0) is 59.3 Å². The molecule has 0 amide bonds. The van der Waals surface area contributed by atoms with Gasteiger partial charge in [0.1, 0.15) is 10.4 Å². The number of ether oxygens (including phenoxy) is 2. The number of rotatable bonds is 5. The Balaban J connectivity index is 1.59. The third-order valence-electron chi connectivity index (χ3n) is 4.72. The fraction of sp³-hybridized carbons (Fsp3) is 0.706. The van der Waals surface area contributed by atoms with E-state index >= 15 is 0 Å². The van der Waals surface area contributed by atoms with Crippen LogP contribution in [0, 0.1) is 0 Å². The molecule has 0 aromatic carbocycles. The Morgan fingerprint density at radius 3 is 2.70 bits per heavy atom. The SMILES string of the molecule is COC1CCC(Nc2cc(CN3CCOCC3)cc(Br)n2)CC1. The topological polar surface area (TPSA) is 46.6 Å². The molecule has 0 spiro atoms. The largest absolute Gasteiger partial charge is 0.381 e. The van der Waals surface area contributed by atoms with Crippen LogP contribution in [-0.4, -0.2) is 55.4 Å². The molecule has 1 aromatic heterocycles. The molecule has 6 heteroatoms. The molecule has 0 radical (unpaired) electrons. The van der Waals surface area contributed by atoms with Crippen molar-refractivity contribution in [2.75, 3.05) is 38.7 Å². The van der Waals surface area contributed by atoms with Gasteiger partial charge < -0.3 is 14.8 Å². The first-order chi connectivity index (χ1) is 11.2. The number of pyridine rings is 1. The fourth-order valence-electron chi connectivity index (χ4n) is 3.38. The van der Waals surface area contributed by atoms with Gasteiger partial charge in [-0.25, -0.2) is 4.98 Å². The molecule has 1 saturated heterocycles. The van der Waals surface area contributed by atoms with E-state index in [-0.39, 0.29) is 0 Å². The Hall–Kier alpha value is -0.690. The van der Waals surface area contributed by atoms with Crippen LogP contribution in [0.25, 0.3) is 0 Å². The molecule has 128 valence electrons. The molecule has 0 atom stereocenters. The van der Waals surface area contributed by atoms with Crippen LogP contribution in [0.2, 0.25) is 0 Å². The van der Waals surface area contributed by atoms with E-state index in [9.17, 15) is 0 Å². The summed E-state index contributed by atoms with van der Waals surface area (Å²) >= 11 is 3.55. The molecule has 3 rings (SSSR count). The van der Waals surface area contributed by atoms with E-state index < -0.39 is 0 Å². The van der Waals surface area contributed by atoms with Gasteiger partial charge in [0.05, 0.1) is 19.3 Å². The molecule has 2 fully saturated rings. The number of anilines is 1. The smallest absolute Gasteiger partial charge is 0.127 e. The molecule has 1 aliphatic heterocycles. The highest BCUT2D eigenvalue weighted by molar-refractivity contribution is 9.10. The highest BCUT2D eigenvalue weighted by atomic mass is 79.9. The number of hydrogen-bond acceptors (Lipinski definition) is 5. The van der Waals surface area contributed by atoms with Gasteiger partial charge in [-0.15, -0.1) is 0 Å². The lowest BCUT2D eigenvalue weighted by Gasteiger charge is -2.29. The Kier molecular flexibility index (Phi) is 6.28. The zero-order chi connectivity index (χ0) is 16.1. The van der Waals surface area contributed by atoms with Crippen molar-refractivity contribution in [3.63, 3.8) is 0 Å². The quantitative estimate of drug-likeness (QED) is 0.791. The molecule has 5 nitrogen and oxygen atoms in total. The van der Waals surface area contributed by atoms with Gasteiger partial charge in [0, 0.05) is 32.8 Å². The van der Waals surface area contributed by atoms with Crippen molar-refractivity contribution in [1.82, 2.24) is 9.88 Å². The van der Waals surface area contributed by atoms with Crippen molar-refractivity contribution in [1.29, 1.82) is 0 Å². The lowest BCUT2D eigenvalue weighted by Crippen LogP contribution is -2.35. The van der Waals surface area contributed by atoms with Gasteiger partial charge in [-0.3, -0.25) is 4.90 Å². The monoisotopic (exact) mass is 383 g/mol. The van der Waals surface area contributed by atoms with Gasteiger partial charge in [0.15, 0.2) is 0 Å². The molecule has 2 aliphatic rings. The van der Waals surface area contributed by atoms with E-state index in [0.29, 0.717) is 12.1 Å². The summed E-state index contributed by atoms with van der Waals surface area (Å²) < 4.78 is 11.8. The van der Waals surface area contributed by atoms with E-state index in [4.69, 9.17) is 9.47 Å². The summed E-state index contributed by atoms with van der Waals surface area (Å²) in [5, 5.41) is 3.60. The molecular weight excluding hydrogens is 358 g/mol. The Morgan fingerprint density at radius 1 is 1.26 bits per heavy atom. The normalized spacial score (nSPS) is 26.2. The Labute approximate surface area is 146 Å². The second kappa shape index (κ2) is 8.42. The summed E-state index contributed by atoms with van der Waals surface area (Å²) in [5.41, 5.74) is 1.29. The zero-order valence-corrected chi connectivity index (χ0v) is 15.3. The second-order valence-electron chi connectivity index (χ2n) is 6.43. The molecule has 2 heterocycles. The predicted octanol–water partition coefficient (Wildman–Crippen LogP) is 3.05. The lowest BCUT2D eigenvalue weighted by molar-refractivity contribution is 0.0342. The number of halogens is 1. The number of nitrogens with one attached hydrogen (secondary N) is 1. The van der Waals surface area contributed by atoms with Crippen molar-refractivity contribution in [3.05, 3.63) is 22.3 Å². The van der Waals surface area contributed by atoms with E-state index in [0.717, 1.165) is 69.0 Å². The average Bonchev–Trinajstić information content (AvgIpc) is 2.56. The first-order valence-electron chi connectivity index (χ1n) is 8.49. The fourth-order valence-corrected chi connectivity index (χ4v) is 3.87. The van der Waals surface area contributed by atoms with Crippen LogP contribution in [0.4, 0.5) is 5.82 Å². The van der Waals surface area contributed by atoms with Crippen LogP contribution in [0.15, 0.2) is 16.7 Å². The maximum atomic E-state index is 5.45. The summed E-state index contributed by atoms with van der Waals surface area (Å²) in [6.45, 7) is 4.63. The third kappa shape index (κ3) is 5.14. The standard InChI is InChI=1S/C17H26BrN3O2/c1-22-15-4-2-14(3-5-15)19-17-11-13(10-16(18)20-17)12-21-6-8-23-9-7-21/h10-11,14-15H,2-9,12H2,1H3,(H,19,20). The van der Waals surface area contributed by atoms with Crippen LogP contribution in [0.3, 0.4) is 0 Å². The van der Waals surface area contributed by atoms with Crippen molar-refractivity contribution in [2.24, 2.45) is 0 Å². The van der Waals surface area contributed by atoms with Crippen molar-refractivity contribution in [2.45, 2.75) is 44.4 Å². The van der Waals surface area contributed by atoms with Crippen molar-refractivity contribution < 1.29 is 9.47 Å². The minimum absolute atomic E-state index is 0.431. The molecule has 1 saturated carbocycles. The number of morpholine rings is 1. The summed E-state index contributed by atoms with van der Waals surface area (Å²) in [5.74, 6) is 0.975. The predicted molar refractivity (Wildman–Crippen MR) is 94.7 cm³/mol. The summed E-state index contributed by atoms with van der Waals surface area (Å²) in [6.07, 6.45) is 4.98. The lowest BCUT2D eigenvalue weighted by atomic mass is 9.93. The summed E-state index contributed by atoms with van der Waals surface area (Å²) in [4.78, 5) is 7.02. The molecule has 0 bridgehead atoms. The number of aromatic nitrogens is 1. The molecule has 0 unspecified atom stereocenters. The average molecular weight is 384 g/mol. The van der Waals surface area contributed by atoms with Gasteiger partial charge in [0.2, 0.25) is 0 Å². The molecule has 23 heavy (non-hydrogen) atoms. The summed E-state index contributed by atoms with van der Waals surface area (Å²) in [6, 6.07) is 4.80. The highest BCUT2D eigenvalue weighted by Crippen LogP contribution is 2.25. The number of hydrogen-bond donors (Lipinski definition) is 1. The van der Waals surface area contributed by atoms with Crippen molar-refractivity contribution >= 4 is 21.7 Å². The molecular formula is C17H26BrN3O2. The second-order valence-corrected chi connectivity index (χ2v) is 7.24. The Bertz CT molecular complexity index is 501. The molecule has 1 aliphatic carbocycles.